The molecule has 0 aliphatic heterocycles. The first-order valence-electron chi connectivity index (χ1n) is 6.10. The number of oxime groups is 1. The van der Waals surface area contributed by atoms with Crippen molar-refractivity contribution in [2.75, 3.05) is 0 Å². The Morgan fingerprint density at radius 1 is 1.10 bits per heavy atom. The predicted octanol–water partition coefficient (Wildman–Crippen LogP) is 3.62. The number of hydrogen-bond acceptors (Lipinski definition) is 4. The third kappa shape index (κ3) is 2.59. The van der Waals surface area contributed by atoms with Crippen molar-refractivity contribution in [2.24, 2.45) is 5.16 Å². The topological polar surface area (TPSA) is 51.8 Å². The monoisotopic (exact) mass is 265 g/mol. The zero-order valence-corrected chi connectivity index (χ0v) is 10.5. The van der Waals surface area contributed by atoms with Crippen molar-refractivity contribution in [1.82, 2.24) is 0 Å². The summed E-state index contributed by atoms with van der Waals surface area (Å²) >= 11 is 0. The second kappa shape index (κ2) is 5.40. The standard InChI is InChI=1S/C16H11NO3/c18-16(13-4-2-1-3-5-13)20-17-11-12-6-7-15-14(10-12)8-9-19-15/h1-11H/b17-11+. The quantitative estimate of drug-likeness (QED) is 0.413. The van der Waals surface area contributed by atoms with Crippen molar-refractivity contribution in [1.29, 1.82) is 0 Å². The smallest absolute Gasteiger partial charge is 0.365 e. The summed E-state index contributed by atoms with van der Waals surface area (Å²) in [4.78, 5) is 16.5. The number of fused-ring (bicyclic) bond motifs is 1. The molecular weight excluding hydrogens is 254 g/mol. The van der Waals surface area contributed by atoms with Crippen LogP contribution in [0.2, 0.25) is 0 Å². The fraction of sp³-hybridized carbons (Fsp3) is 0. The van der Waals surface area contributed by atoms with Gasteiger partial charge < -0.3 is 9.25 Å². The second-order valence-electron chi connectivity index (χ2n) is 4.20. The lowest BCUT2D eigenvalue weighted by Gasteiger charge is -1.97. The molecule has 0 spiro atoms. The zero-order chi connectivity index (χ0) is 13.8. The van der Waals surface area contributed by atoms with Gasteiger partial charge in [-0.15, -0.1) is 0 Å². The van der Waals surface area contributed by atoms with Crippen molar-refractivity contribution in [3.05, 3.63) is 72.0 Å². The number of carbonyl (C=O) groups excluding carboxylic acids is 1. The molecule has 2 aromatic carbocycles. The van der Waals surface area contributed by atoms with E-state index < -0.39 is 5.97 Å². The van der Waals surface area contributed by atoms with Crippen LogP contribution < -0.4 is 0 Å². The van der Waals surface area contributed by atoms with Gasteiger partial charge in [0.1, 0.15) is 5.58 Å². The Balaban J connectivity index is 1.69. The maximum atomic E-state index is 11.7. The number of nitrogens with zero attached hydrogens (tertiary/aromatic N) is 1. The van der Waals surface area contributed by atoms with Gasteiger partial charge in [-0.1, -0.05) is 23.4 Å². The number of furan rings is 1. The molecule has 0 saturated heterocycles. The van der Waals surface area contributed by atoms with Crippen molar-refractivity contribution in [3.63, 3.8) is 0 Å². The van der Waals surface area contributed by atoms with E-state index in [1.165, 1.54) is 6.21 Å². The molecule has 0 N–H and O–H groups in total. The first kappa shape index (κ1) is 12.2. The fourth-order valence-corrected chi connectivity index (χ4v) is 1.83. The Hall–Kier alpha value is -2.88. The first-order valence-corrected chi connectivity index (χ1v) is 6.10. The van der Waals surface area contributed by atoms with Gasteiger partial charge in [0.2, 0.25) is 0 Å². The molecule has 0 fully saturated rings. The maximum absolute atomic E-state index is 11.7. The molecule has 0 atom stereocenters. The SMILES string of the molecule is O=C(O/N=C/c1ccc2occc2c1)c1ccccc1. The van der Waals surface area contributed by atoms with Crippen LogP contribution in [-0.4, -0.2) is 12.2 Å². The van der Waals surface area contributed by atoms with E-state index in [0.717, 1.165) is 16.5 Å². The van der Waals surface area contributed by atoms with Crippen LogP contribution >= 0.6 is 0 Å². The summed E-state index contributed by atoms with van der Waals surface area (Å²) in [7, 11) is 0. The van der Waals surface area contributed by atoms with E-state index in [4.69, 9.17) is 9.25 Å². The summed E-state index contributed by atoms with van der Waals surface area (Å²) in [6.45, 7) is 0. The fourth-order valence-electron chi connectivity index (χ4n) is 1.83. The number of rotatable bonds is 3. The van der Waals surface area contributed by atoms with E-state index >= 15 is 0 Å². The van der Waals surface area contributed by atoms with Gasteiger partial charge in [-0.3, -0.25) is 0 Å². The lowest BCUT2D eigenvalue weighted by molar-refractivity contribution is 0.0519. The highest BCUT2D eigenvalue weighted by atomic mass is 16.7. The summed E-state index contributed by atoms with van der Waals surface area (Å²) in [6.07, 6.45) is 3.12. The molecule has 0 bridgehead atoms. The number of benzene rings is 2. The summed E-state index contributed by atoms with van der Waals surface area (Å²) in [5, 5.41) is 4.68. The molecule has 0 amide bonds. The van der Waals surface area contributed by atoms with Crippen LogP contribution in [0.1, 0.15) is 15.9 Å². The number of carbonyl (C=O) groups is 1. The molecule has 1 aromatic heterocycles. The molecule has 4 heteroatoms. The highest BCUT2D eigenvalue weighted by molar-refractivity contribution is 5.91. The highest BCUT2D eigenvalue weighted by Crippen LogP contribution is 2.16. The lowest BCUT2D eigenvalue weighted by Crippen LogP contribution is -2.00. The third-order valence-corrected chi connectivity index (χ3v) is 2.82. The Bertz CT molecular complexity index is 760. The van der Waals surface area contributed by atoms with Crippen LogP contribution in [0.5, 0.6) is 0 Å². The van der Waals surface area contributed by atoms with Crippen LogP contribution in [-0.2, 0) is 4.84 Å². The van der Waals surface area contributed by atoms with E-state index in [0.29, 0.717) is 5.56 Å². The second-order valence-corrected chi connectivity index (χ2v) is 4.20. The molecule has 98 valence electrons. The Labute approximate surface area is 115 Å². The average Bonchev–Trinajstić information content (AvgIpc) is 2.95. The number of hydrogen-bond donors (Lipinski definition) is 0. The largest absolute Gasteiger partial charge is 0.464 e. The maximum Gasteiger partial charge on any atom is 0.365 e. The zero-order valence-electron chi connectivity index (χ0n) is 10.5. The van der Waals surface area contributed by atoms with E-state index in [-0.39, 0.29) is 0 Å². The van der Waals surface area contributed by atoms with Gasteiger partial charge in [-0.25, -0.2) is 4.79 Å². The van der Waals surface area contributed by atoms with E-state index in [1.54, 1.807) is 30.5 Å². The molecule has 20 heavy (non-hydrogen) atoms. The summed E-state index contributed by atoms with van der Waals surface area (Å²) in [6, 6.07) is 16.2. The molecule has 0 unspecified atom stereocenters. The Morgan fingerprint density at radius 2 is 1.95 bits per heavy atom. The molecule has 3 rings (SSSR count). The molecule has 0 aliphatic carbocycles. The van der Waals surface area contributed by atoms with Gasteiger partial charge in [0.05, 0.1) is 18.0 Å². The van der Waals surface area contributed by atoms with Gasteiger partial charge in [0.25, 0.3) is 0 Å². The molecule has 3 aromatic rings. The molecular formula is C16H11NO3. The van der Waals surface area contributed by atoms with Gasteiger partial charge in [-0.2, -0.15) is 0 Å². The van der Waals surface area contributed by atoms with Crippen LogP contribution in [0.25, 0.3) is 11.0 Å². The minimum Gasteiger partial charge on any atom is -0.464 e. The van der Waals surface area contributed by atoms with Crippen molar-refractivity contribution < 1.29 is 14.0 Å². The summed E-state index contributed by atoms with van der Waals surface area (Å²) in [5.74, 6) is -0.480. The summed E-state index contributed by atoms with van der Waals surface area (Å²) < 4.78 is 5.24. The van der Waals surface area contributed by atoms with E-state index in [2.05, 4.69) is 5.16 Å². The van der Waals surface area contributed by atoms with Crippen molar-refractivity contribution in [2.45, 2.75) is 0 Å². The normalized spacial score (nSPS) is 11.0. The van der Waals surface area contributed by atoms with Gasteiger partial charge in [-0.05, 0) is 42.0 Å². The first-order chi connectivity index (χ1) is 9.83. The predicted molar refractivity (Wildman–Crippen MR) is 75.7 cm³/mol. The Morgan fingerprint density at radius 3 is 2.80 bits per heavy atom. The highest BCUT2D eigenvalue weighted by Gasteiger charge is 2.04. The average molecular weight is 265 g/mol. The van der Waals surface area contributed by atoms with Crippen molar-refractivity contribution >= 4 is 23.2 Å². The van der Waals surface area contributed by atoms with E-state index in [1.807, 2.05) is 30.3 Å². The van der Waals surface area contributed by atoms with Crippen molar-refractivity contribution in [3.8, 4) is 0 Å². The summed E-state index contributed by atoms with van der Waals surface area (Å²) in [5.41, 5.74) is 2.11. The Kier molecular flexibility index (Phi) is 3.29. The third-order valence-electron chi connectivity index (χ3n) is 2.82. The molecule has 0 saturated carbocycles. The van der Waals surface area contributed by atoms with Gasteiger partial charge in [0.15, 0.2) is 0 Å². The molecule has 0 aliphatic rings. The molecule has 1 heterocycles. The minimum absolute atomic E-state index is 0.468. The van der Waals surface area contributed by atoms with Crippen LogP contribution in [0, 0.1) is 0 Å². The van der Waals surface area contributed by atoms with Crippen LogP contribution in [0.4, 0.5) is 0 Å². The van der Waals surface area contributed by atoms with E-state index in [9.17, 15) is 4.79 Å². The van der Waals surface area contributed by atoms with Crippen LogP contribution in [0.3, 0.4) is 0 Å². The van der Waals surface area contributed by atoms with Crippen LogP contribution in [0.15, 0.2) is 70.4 Å². The molecule has 4 nitrogen and oxygen atoms in total. The van der Waals surface area contributed by atoms with Gasteiger partial charge in [0, 0.05) is 5.39 Å². The molecule has 0 radical (unpaired) electrons. The minimum atomic E-state index is -0.480. The van der Waals surface area contributed by atoms with Gasteiger partial charge >= 0.3 is 5.97 Å². The lowest BCUT2D eigenvalue weighted by atomic mass is 10.2.